The van der Waals surface area contributed by atoms with E-state index in [-0.39, 0.29) is 5.56 Å². The number of ether oxygens (including phenoxy) is 1. The molecule has 0 radical (unpaired) electrons. The van der Waals surface area contributed by atoms with Gasteiger partial charge in [-0.25, -0.2) is 4.79 Å². The lowest BCUT2D eigenvalue weighted by atomic mass is 10.2. The highest BCUT2D eigenvalue weighted by molar-refractivity contribution is 9.10. The van der Waals surface area contributed by atoms with Crippen molar-refractivity contribution in [2.24, 2.45) is 0 Å². The third-order valence-electron chi connectivity index (χ3n) is 2.56. The summed E-state index contributed by atoms with van der Waals surface area (Å²) in [5.74, 6) is 0.763. The van der Waals surface area contributed by atoms with Crippen LogP contribution in [0, 0.1) is 0 Å². The highest BCUT2D eigenvalue weighted by Crippen LogP contribution is 2.35. The maximum atomic E-state index is 11.5. The molecule has 0 aromatic heterocycles. The van der Waals surface area contributed by atoms with Crippen LogP contribution in [-0.2, 0) is 0 Å². The van der Waals surface area contributed by atoms with Gasteiger partial charge >= 0.3 is 5.97 Å². The number of aromatic carboxylic acids is 1. The zero-order chi connectivity index (χ0) is 14.5. The van der Waals surface area contributed by atoms with Gasteiger partial charge in [0.25, 0.3) is 0 Å². The molecular weight excluding hydrogens is 340 g/mol. The zero-order valence-electron chi connectivity index (χ0n) is 10.8. The molecule has 0 aliphatic rings. The fourth-order valence-electron chi connectivity index (χ4n) is 1.73. The third-order valence-corrected chi connectivity index (χ3v) is 4.15. The monoisotopic (exact) mass is 352 g/mol. The summed E-state index contributed by atoms with van der Waals surface area (Å²) >= 11 is 4.87. The van der Waals surface area contributed by atoms with Gasteiger partial charge in [0, 0.05) is 4.90 Å². The van der Waals surface area contributed by atoms with Crippen LogP contribution in [-0.4, -0.2) is 16.8 Å². The average Bonchev–Trinajstić information content (AvgIpc) is 2.41. The first-order valence-corrected chi connectivity index (χ1v) is 7.82. The Bertz CT molecular complexity index is 628. The SMILES string of the molecule is CCSc1cccc(Oc2ccccc2Br)c1C(=O)O. The lowest BCUT2D eigenvalue weighted by molar-refractivity contribution is 0.0690. The van der Waals surface area contributed by atoms with Crippen molar-refractivity contribution >= 4 is 33.7 Å². The van der Waals surface area contributed by atoms with Gasteiger partial charge in [-0.2, -0.15) is 0 Å². The lowest BCUT2D eigenvalue weighted by Gasteiger charge is -2.12. The normalized spacial score (nSPS) is 10.3. The summed E-state index contributed by atoms with van der Waals surface area (Å²) in [6.07, 6.45) is 0. The molecule has 0 heterocycles. The molecule has 0 aliphatic carbocycles. The molecule has 0 saturated heterocycles. The molecule has 0 bridgehead atoms. The van der Waals surface area contributed by atoms with Gasteiger partial charge in [-0.3, -0.25) is 0 Å². The number of carboxylic acids is 1. The minimum atomic E-state index is -0.983. The molecular formula is C15H13BrO3S. The molecule has 2 aromatic carbocycles. The van der Waals surface area contributed by atoms with Gasteiger partial charge in [0.15, 0.2) is 0 Å². The number of para-hydroxylation sites is 1. The van der Waals surface area contributed by atoms with E-state index in [0.29, 0.717) is 16.4 Å². The van der Waals surface area contributed by atoms with Crippen LogP contribution < -0.4 is 4.74 Å². The first-order valence-electron chi connectivity index (χ1n) is 6.05. The van der Waals surface area contributed by atoms with E-state index in [4.69, 9.17) is 4.74 Å². The second-order valence-corrected chi connectivity index (χ2v) is 6.06. The first-order chi connectivity index (χ1) is 9.63. The van der Waals surface area contributed by atoms with E-state index in [9.17, 15) is 9.90 Å². The maximum Gasteiger partial charge on any atom is 0.340 e. The standard InChI is InChI=1S/C15H13BrO3S/c1-2-20-13-9-5-8-12(14(13)15(17)18)19-11-7-4-3-6-10(11)16/h3-9H,2H2,1H3,(H,17,18). The molecule has 0 unspecified atom stereocenters. The van der Waals surface area contributed by atoms with Crippen molar-refractivity contribution in [2.45, 2.75) is 11.8 Å². The molecule has 3 nitrogen and oxygen atoms in total. The van der Waals surface area contributed by atoms with Gasteiger partial charge < -0.3 is 9.84 Å². The number of rotatable bonds is 5. The highest BCUT2D eigenvalue weighted by atomic mass is 79.9. The van der Waals surface area contributed by atoms with Crippen molar-refractivity contribution in [2.75, 3.05) is 5.75 Å². The Labute approximate surface area is 130 Å². The molecule has 2 aromatic rings. The summed E-state index contributed by atoms with van der Waals surface area (Å²) in [4.78, 5) is 12.2. The van der Waals surface area contributed by atoms with Crippen molar-refractivity contribution in [3.05, 3.63) is 52.5 Å². The van der Waals surface area contributed by atoms with Crippen LogP contribution >= 0.6 is 27.7 Å². The van der Waals surface area contributed by atoms with E-state index in [0.717, 1.165) is 10.2 Å². The summed E-state index contributed by atoms with van der Waals surface area (Å²) in [7, 11) is 0. The van der Waals surface area contributed by atoms with Gasteiger partial charge in [0.05, 0.1) is 4.47 Å². The molecule has 0 atom stereocenters. The molecule has 0 fully saturated rings. The van der Waals surface area contributed by atoms with Gasteiger partial charge in [0.2, 0.25) is 0 Å². The summed E-state index contributed by atoms with van der Waals surface area (Å²) < 4.78 is 6.53. The summed E-state index contributed by atoms with van der Waals surface area (Å²) in [5.41, 5.74) is 0.204. The smallest absolute Gasteiger partial charge is 0.340 e. The minimum absolute atomic E-state index is 0.204. The van der Waals surface area contributed by atoms with Crippen molar-refractivity contribution in [3.63, 3.8) is 0 Å². The lowest BCUT2D eigenvalue weighted by Crippen LogP contribution is -2.02. The van der Waals surface area contributed by atoms with Crippen LogP contribution in [0.1, 0.15) is 17.3 Å². The van der Waals surface area contributed by atoms with Crippen LogP contribution in [0.25, 0.3) is 0 Å². The van der Waals surface area contributed by atoms with E-state index in [1.54, 1.807) is 24.3 Å². The second kappa shape index (κ2) is 6.81. The largest absolute Gasteiger partial charge is 0.478 e. The topological polar surface area (TPSA) is 46.5 Å². The number of halogens is 1. The number of carboxylic acid groups (broad SMARTS) is 1. The second-order valence-electron chi connectivity index (χ2n) is 3.90. The Hall–Kier alpha value is -1.46. The van der Waals surface area contributed by atoms with Gasteiger partial charge in [-0.1, -0.05) is 25.1 Å². The van der Waals surface area contributed by atoms with Crippen molar-refractivity contribution in [1.82, 2.24) is 0 Å². The van der Waals surface area contributed by atoms with E-state index in [1.165, 1.54) is 11.8 Å². The Morgan fingerprint density at radius 2 is 1.90 bits per heavy atom. The molecule has 5 heteroatoms. The van der Waals surface area contributed by atoms with Crippen molar-refractivity contribution < 1.29 is 14.6 Å². The zero-order valence-corrected chi connectivity index (χ0v) is 13.2. The third kappa shape index (κ3) is 3.35. The fourth-order valence-corrected chi connectivity index (χ4v) is 2.91. The van der Waals surface area contributed by atoms with Gasteiger partial charge in [-0.05, 0) is 45.9 Å². The first kappa shape index (κ1) is 14.9. The van der Waals surface area contributed by atoms with Gasteiger partial charge in [0.1, 0.15) is 17.1 Å². The highest BCUT2D eigenvalue weighted by Gasteiger charge is 2.17. The van der Waals surface area contributed by atoms with Crippen LogP contribution in [0.4, 0.5) is 0 Å². The number of benzene rings is 2. The van der Waals surface area contributed by atoms with E-state index < -0.39 is 5.97 Å². The molecule has 0 amide bonds. The van der Waals surface area contributed by atoms with Crippen LogP contribution in [0.2, 0.25) is 0 Å². The molecule has 0 aliphatic heterocycles. The Kier molecular flexibility index (Phi) is 5.09. The molecule has 104 valence electrons. The Morgan fingerprint density at radius 3 is 2.55 bits per heavy atom. The Morgan fingerprint density at radius 1 is 1.20 bits per heavy atom. The summed E-state index contributed by atoms with van der Waals surface area (Å²) in [6, 6.07) is 12.6. The number of hydrogen-bond donors (Lipinski definition) is 1. The predicted molar refractivity (Wildman–Crippen MR) is 84.0 cm³/mol. The predicted octanol–water partition coefficient (Wildman–Crippen LogP) is 5.05. The molecule has 1 N–H and O–H groups in total. The average molecular weight is 353 g/mol. The quantitative estimate of drug-likeness (QED) is 0.764. The van der Waals surface area contributed by atoms with Crippen molar-refractivity contribution in [3.8, 4) is 11.5 Å². The van der Waals surface area contributed by atoms with Crippen LogP contribution in [0.5, 0.6) is 11.5 Å². The molecule has 20 heavy (non-hydrogen) atoms. The summed E-state index contributed by atoms with van der Waals surface area (Å²) in [6.45, 7) is 1.98. The fraction of sp³-hybridized carbons (Fsp3) is 0.133. The maximum absolute atomic E-state index is 11.5. The number of carbonyl (C=O) groups is 1. The van der Waals surface area contributed by atoms with Crippen LogP contribution in [0.15, 0.2) is 51.8 Å². The van der Waals surface area contributed by atoms with Crippen molar-refractivity contribution in [1.29, 1.82) is 0 Å². The Balaban J connectivity index is 2.44. The van der Waals surface area contributed by atoms with E-state index in [1.807, 2.05) is 25.1 Å². The minimum Gasteiger partial charge on any atom is -0.478 e. The van der Waals surface area contributed by atoms with Crippen LogP contribution in [0.3, 0.4) is 0 Å². The molecule has 2 rings (SSSR count). The number of hydrogen-bond acceptors (Lipinski definition) is 3. The van der Waals surface area contributed by atoms with Gasteiger partial charge in [-0.15, -0.1) is 11.8 Å². The number of thioether (sulfide) groups is 1. The summed E-state index contributed by atoms with van der Waals surface area (Å²) in [5, 5.41) is 9.42. The molecule has 0 spiro atoms. The van der Waals surface area contributed by atoms with E-state index in [2.05, 4.69) is 15.9 Å². The van der Waals surface area contributed by atoms with E-state index >= 15 is 0 Å². The molecule has 0 saturated carbocycles.